The number of nitrogens with one attached hydrogen (secondary N) is 1. The van der Waals surface area contributed by atoms with E-state index in [0.717, 1.165) is 6.07 Å². The van der Waals surface area contributed by atoms with Gasteiger partial charge in [-0.1, -0.05) is 26.0 Å². The fraction of sp³-hybridized carbons (Fsp3) is 0.588. The van der Waals surface area contributed by atoms with Crippen LogP contribution < -0.4 is 5.32 Å². The normalized spacial score (nSPS) is 18.3. The van der Waals surface area contributed by atoms with Gasteiger partial charge in [0.1, 0.15) is 10.7 Å². The Balaban J connectivity index is 1.97. The fourth-order valence-corrected chi connectivity index (χ4v) is 4.23. The number of amides is 1. The van der Waals surface area contributed by atoms with E-state index >= 15 is 0 Å². The van der Waals surface area contributed by atoms with Crippen LogP contribution in [0, 0.1) is 11.7 Å². The van der Waals surface area contributed by atoms with Crippen LogP contribution >= 0.6 is 0 Å². The number of carbonyl (C=O) groups excluding carboxylic acids is 1. The van der Waals surface area contributed by atoms with Gasteiger partial charge in [-0.3, -0.25) is 9.69 Å². The molecule has 140 valence electrons. The predicted octanol–water partition coefficient (Wildman–Crippen LogP) is 1.29. The fourth-order valence-electron chi connectivity index (χ4n) is 2.74. The lowest BCUT2D eigenvalue weighted by atomic mass is 10.2. The van der Waals surface area contributed by atoms with Gasteiger partial charge in [-0.25, -0.2) is 12.8 Å². The smallest absolute Gasteiger partial charge is 0.246 e. The van der Waals surface area contributed by atoms with Crippen LogP contribution in [0.15, 0.2) is 29.2 Å². The number of carbonyl (C=O) groups is 1. The standard InChI is InChI=1S/C17H26FN3O3S/c1-13(2)12-19-17(22)14(3)20-8-10-21(11-9-20)25(23,24)16-7-5-4-6-15(16)18/h4-7,13-14H,8-12H2,1-3H3,(H,19,22)/t14-/m1/s1. The van der Waals surface area contributed by atoms with Gasteiger partial charge in [0, 0.05) is 32.7 Å². The van der Waals surface area contributed by atoms with Crippen molar-refractivity contribution in [2.45, 2.75) is 31.7 Å². The molecule has 1 saturated heterocycles. The maximum atomic E-state index is 13.8. The van der Waals surface area contributed by atoms with Crippen LogP contribution in [0.5, 0.6) is 0 Å². The molecule has 1 aliphatic heterocycles. The maximum Gasteiger partial charge on any atom is 0.246 e. The minimum absolute atomic E-state index is 0.0564. The van der Waals surface area contributed by atoms with E-state index in [9.17, 15) is 17.6 Å². The van der Waals surface area contributed by atoms with Crippen molar-refractivity contribution in [1.29, 1.82) is 0 Å². The van der Waals surface area contributed by atoms with E-state index in [4.69, 9.17) is 0 Å². The third kappa shape index (κ3) is 4.77. The summed E-state index contributed by atoms with van der Waals surface area (Å²) in [5.74, 6) is -0.426. The highest BCUT2D eigenvalue weighted by molar-refractivity contribution is 7.89. The number of nitrogens with zero attached hydrogens (tertiary/aromatic N) is 2. The van der Waals surface area contributed by atoms with Crippen LogP contribution in [0.4, 0.5) is 4.39 Å². The van der Waals surface area contributed by atoms with Crippen LogP contribution in [0.2, 0.25) is 0 Å². The molecule has 0 aromatic heterocycles. The molecule has 1 heterocycles. The van der Waals surface area contributed by atoms with Crippen molar-refractivity contribution < 1.29 is 17.6 Å². The highest BCUT2D eigenvalue weighted by atomic mass is 32.2. The van der Waals surface area contributed by atoms with Crippen LogP contribution in [0.25, 0.3) is 0 Å². The second-order valence-corrected chi connectivity index (χ2v) is 8.59. The number of piperazine rings is 1. The van der Waals surface area contributed by atoms with E-state index in [1.54, 1.807) is 0 Å². The molecule has 1 aromatic rings. The summed E-state index contributed by atoms with van der Waals surface area (Å²) >= 11 is 0. The Morgan fingerprint density at radius 3 is 2.32 bits per heavy atom. The lowest BCUT2D eigenvalue weighted by Gasteiger charge is -2.36. The first-order valence-electron chi connectivity index (χ1n) is 8.50. The van der Waals surface area contributed by atoms with Crippen molar-refractivity contribution in [2.24, 2.45) is 5.92 Å². The largest absolute Gasteiger partial charge is 0.354 e. The molecule has 8 heteroatoms. The average molecular weight is 371 g/mol. The highest BCUT2D eigenvalue weighted by Gasteiger charge is 2.32. The van der Waals surface area contributed by atoms with Crippen LogP contribution in [-0.4, -0.2) is 62.3 Å². The Kier molecular flexibility index (Phi) is 6.53. The van der Waals surface area contributed by atoms with Crippen molar-refractivity contribution >= 4 is 15.9 Å². The third-order valence-corrected chi connectivity index (χ3v) is 6.27. The minimum atomic E-state index is -3.85. The monoisotopic (exact) mass is 371 g/mol. The first kappa shape index (κ1) is 19.8. The molecule has 0 aliphatic carbocycles. The van der Waals surface area contributed by atoms with Crippen LogP contribution in [-0.2, 0) is 14.8 Å². The molecule has 1 fully saturated rings. The van der Waals surface area contributed by atoms with Gasteiger partial charge < -0.3 is 5.32 Å². The Labute approximate surface area is 149 Å². The van der Waals surface area contributed by atoms with Gasteiger partial charge in [0.15, 0.2) is 0 Å². The summed E-state index contributed by atoms with van der Waals surface area (Å²) in [6, 6.07) is 5.07. The first-order chi connectivity index (χ1) is 11.7. The van der Waals surface area contributed by atoms with Gasteiger partial charge in [0.25, 0.3) is 0 Å². The maximum absolute atomic E-state index is 13.8. The van der Waals surface area contributed by atoms with Gasteiger partial charge >= 0.3 is 0 Å². The van der Waals surface area contributed by atoms with E-state index in [-0.39, 0.29) is 29.9 Å². The summed E-state index contributed by atoms with van der Waals surface area (Å²) in [5.41, 5.74) is 0. The molecular formula is C17H26FN3O3S. The number of benzene rings is 1. The van der Waals surface area contributed by atoms with Crippen molar-refractivity contribution in [2.75, 3.05) is 32.7 Å². The van der Waals surface area contributed by atoms with Crippen LogP contribution in [0.3, 0.4) is 0 Å². The molecule has 1 amide bonds. The minimum Gasteiger partial charge on any atom is -0.354 e. The van der Waals surface area contributed by atoms with Crippen molar-refractivity contribution in [3.63, 3.8) is 0 Å². The summed E-state index contributed by atoms with van der Waals surface area (Å²) in [5, 5.41) is 2.89. The Morgan fingerprint density at radius 2 is 1.76 bits per heavy atom. The zero-order chi connectivity index (χ0) is 18.6. The predicted molar refractivity (Wildman–Crippen MR) is 94.0 cm³/mol. The van der Waals surface area contributed by atoms with E-state index in [2.05, 4.69) is 5.32 Å². The molecule has 1 aliphatic rings. The van der Waals surface area contributed by atoms with Gasteiger partial charge in [0.05, 0.1) is 6.04 Å². The van der Waals surface area contributed by atoms with Crippen molar-refractivity contribution in [1.82, 2.24) is 14.5 Å². The van der Waals surface area contributed by atoms with Gasteiger partial charge in [-0.15, -0.1) is 0 Å². The average Bonchev–Trinajstić information content (AvgIpc) is 2.59. The Morgan fingerprint density at radius 1 is 1.16 bits per heavy atom. The molecule has 1 aromatic carbocycles. The zero-order valence-corrected chi connectivity index (χ0v) is 15.7. The number of hydrogen-bond acceptors (Lipinski definition) is 4. The lowest BCUT2D eigenvalue weighted by molar-refractivity contribution is -0.126. The SMILES string of the molecule is CC(C)CNC(=O)[C@@H](C)N1CCN(S(=O)(=O)c2ccccc2F)CC1. The van der Waals surface area contributed by atoms with Gasteiger partial charge in [0.2, 0.25) is 15.9 Å². The second-order valence-electron chi connectivity index (χ2n) is 6.69. The molecule has 0 saturated carbocycles. The van der Waals surface area contributed by atoms with Crippen LogP contribution in [0.1, 0.15) is 20.8 Å². The Bertz CT molecular complexity index is 701. The van der Waals surface area contributed by atoms with Crippen molar-refractivity contribution in [3.05, 3.63) is 30.1 Å². The molecule has 6 nitrogen and oxygen atoms in total. The number of hydrogen-bond donors (Lipinski definition) is 1. The summed E-state index contributed by atoms with van der Waals surface area (Å²) in [7, 11) is -3.85. The molecule has 0 bridgehead atoms. The highest BCUT2D eigenvalue weighted by Crippen LogP contribution is 2.20. The van der Waals surface area contributed by atoms with E-state index in [1.165, 1.54) is 22.5 Å². The number of halogens is 1. The number of rotatable bonds is 6. The molecule has 0 radical (unpaired) electrons. The molecule has 0 spiro atoms. The molecule has 1 atom stereocenters. The van der Waals surface area contributed by atoms with E-state index in [1.807, 2.05) is 25.7 Å². The lowest BCUT2D eigenvalue weighted by Crippen LogP contribution is -2.55. The van der Waals surface area contributed by atoms with E-state index in [0.29, 0.717) is 25.6 Å². The van der Waals surface area contributed by atoms with Crippen molar-refractivity contribution in [3.8, 4) is 0 Å². The quantitative estimate of drug-likeness (QED) is 0.818. The summed E-state index contributed by atoms with van der Waals surface area (Å²) in [4.78, 5) is 13.8. The zero-order valence-electron chi connectivity index (χ0n) is 14.9. The molecular weight excluding hydrogens is 345 g/mol. The first-order valence-corrected chi connectivity index (χ1v) is 9.94. The van der Waals surface area contributed by atoms with Gasteiger partial charge in [-0.2, -0.15) is 4.31 Å². The van der Waals surface area contributed by atoms with E-state index < -0.39 is 15.8 Å². The molecule has 1 N–H and O–H groups in total. The molecule has 25 heavy (non-hydrogen) atoms. The second kappa shape index (κ2) is 8.25. The third-order valence-electron chi connectivity index (χ3n) is 4.34. The molecule has 2 rings (SSSR count). The van der Waals surface area contributed by atoms with Gasteiger partial charge in [-0.05, 0) is 25.0 Å². The topological polar surface area (TPSA) is 69.7 Å². The summed E-state index contributed by atoms with van der Waals surface area (Å²) in [6.45, 7) is 7.82. The Hall–Kier alpha value is -1.51. The summed E-state index contributed by atoms with van der Waals surface area (Å²) < 4.78 is 40.3. The number of sulfonamides is 1. The molecule has 0 unspecified atom stereocenters. The summed E-state index contributed by atoms with van der Waals surface area (Å²) in [6.07, 6.45) is 0.